The molecule has 0 amide bonds. The summed E-state index contributed by atoms with van der Waals surface area (Å²) in [5.74, 6) is -6.07. The second-order valence-corrected chi connectivity index (χ2v) is 13.2. The van der Waals surface area contributed by atoms with Crippen LogP contribution in [0.3, 0.4) is 0 Å². The third kappa shape index (κ3) is 12.3. The number of benzene rings is 3. The van der Waals surface area contributed by atoms with Crippen molar-refractivity contribution >= 4 is 51.0 Å². The van der Waals surface area contributed by atoms with Crippen molar-refractivity contribution in [1.82, 2.24) is 9.80 Å². The lowest BCUT2D eigenvalue weighted by Crippen LogP contribution is -2.25. The van der Waals surface area contributed by atoms with Crippen molar-refractivity contribution < 1.29 is 54.0 Å². The molecule has 0 bridgehead atoms. The predicted molar refractivity (Wildman–Crippen MR) is 196 cm³/mol. The third-order valence-electron chi connectivity index (χ3n) is 8.52. The topological polar surface area (TPSA) is 217 Å². The van der Waals surface area contributed by atoms with Gasteiger partial charge in [0.1, 0.15) is 19.0 Å². The minimum atomic E-state index is -1.82. The maximum absolute atomic E-state index is 12.0. The molecule has 2 aliphatic heterocycles. The van der Waals surface area contributed by atoms with Gasteiger partial charge in [-0.3, -0.25) is 19.9 Å². The van der Waals surface area contributed by atoms with Crippen LogP contribution in [0.4, 0.5) is 5.69 Å². The maximum atomic E-state index is 12.0. The molecule has 282 valence electrons. The fourth-order valence-electron chi connectivity index (χ4n) is 5.94. The molecule has 6 rings (SSSR count). The highest BCUT2D eigenvalue weighted by molar-refractivity contribution is 7.22. The Hall–Kier alpha value is -5.58. The Balaban J connectivity index is 0.000000453. The number of nitro groups is 1. The smallest absolute Gasteiger partial charge is 0.414 e. The summed E-state index contributed by atoms with van der Waals surface area (Å²) in [4.78, 5) is 54.0. The Labute approximate surface area is 308 Å². The first-order valence-electron chi connectivity index (χ1n) is 16.9. The fourth-order valence-corrected chi connectivity index (χ4v) is 7.17. The zero-order valence-electron chi connectivity index (χ0n) is 28.8. The largest absolute Gasteiger partial charge is 0.492 e. The first-order valence-corrected chi connectivity index (χ1v) is 17.8. The monoisotopic (exact) mass is 751 g/mol. The van der Waals surface area contributed by atoms with Crippen LogP contribution >= 0.6 is 11.3 Å². The highest BCUT2D eigenvalue weighted by Gasteiger charge is 2.20. The molecule has 3 heterocycles. The minimum absolute atomic E-state index is 0.0282. The van der Waals surface area contributed by atoms with Crippen molar-refractivity contribution in [3.05, 3.63) is 88.0 Å². The summed E-state index contributed by atoms with van der Waals surface area (Å²) < 4.78 is 13.1. The van der Waals surface area contributed by atoms with Crippen LogP contribution in [-0.2, 0) is 25.6 Å². The van der Waals surface area contributed by atoms with Crippen LogP contribution in [0.1, 0.15) is 36.8 Å². The Morgan fingerprint density at radius 3 is 1.77 bits per heavy atom. The Bertz CT molecular complexity index is 1840. The average Bonchev–Trinajstić information content (AvgIpc) is 3.92. The molecule has 0 aliphatic carbocycles. The molecule has 0 spiro atoms. The molecule has 0 saturated carbocycles. The van der Waals surface area contributed by atoms with Crippen molar-refractivity contribution in [2.75, 3.05) is 52.5 Å². The number of nitrogens with zero attached hydrogens (tertiary/aromatic N) is 3. The van der Waals surface area contributed by atoms with E-state index in [1.54, 1.807) is 23.5 Å². The van der Waals surface area contributed by atoms with Crippen LogP contribution in [0.5, 0.6) is 11.5 Å². The Kier molecular flexibility index (Phi) is 15.1. The van der Waals surface area contributed by atoms with Gasteiger partial charge in [-0.2, -0.15) is 0 Å². The molecule has 15 nitrogen and oxygen atoms in total. The molecule has 3 aromatic carbocycles. The van der Waals surface area contributed by atoms with Gasteiger partial charge in [-0.05, 0) is 117 Å². The molecule has 2 fully saturated rings. The second kappa shape index (κ2) is 19.9. The number of ether oxygens (including phenoxy) is 2. The van der Waals surface area contributed by atoms with Gasteiger partial charge >= 0.3 is 29.6 Å². The molecule has 0 radical (unpaired) electrons. The van der Waals surface area contributed by atoms with Gasteiger partial charge < -0.3 is 29.9 Å². The Morgan fingerprint density at radius 2 is 1.25 bits per heavy atom. The van der Waals surface area contributed by atoms with E-state index in [9.17, 15) is 10.1 Å². The molecule has 1 aromatic heterocycles. The normalized spacial score (nSPS) is 14.0. The SMILES string of the molecule is O=C(O)C(=O)O.O=C(O)C(=O)O.O=[N+]([O-])c1cc(Cc2c(-c3ccc(OCCN4CCCC4)cc3)sc3ccccc23)ccc1OCCN1CCCC1. The first kappa shape index (κ1) is 40.2. The van der Waals surface area contributed by atoms with Crippen molar-refractivity contribution in [3.8, 4) is 21.9 Å². The van der Waals surface area contributed by atoms with Gasteiger partial charge in [-0.1, -0.05) is 24.3 Å². The number of likely N-dealkylation sites (tertiary alicyclic amines) is 2. The zero-order chi connectivity index (χ0) is 38.3. The number of fused-ring (bicyclic) bond motifs is 1. The molecule has 4 aromatic rings. The summed E-state index contributed by atoms with van der Waals surface area (Å²) in [6, 6.07) is 22.2. The van der Waals surface area contributed by atoms with Crippen LogP contribution in [0, 0.1) is 10.1 Å². The first-order chi connectivity index (χ1) is 25.4. The van der Waals surface area contributed by atoms with Gasteiger partial charge in [-0.15, -0.1) is 11.3 Å². The van der Waals surface area contributed by atoms with Gasteiger partial charge in [0, 0.05) is 28.7 Å². The summed E-state index contributed by atoms with van der Waals surface area (Å²) in [6.45, 7) is 7.43. The van der Waals surface area contributed by atoms with E-state index in [2.05, 4.69) is 46.2 Å². The number of carboxylic acid groups (broad SMARTS) is 4. The number of hydrogen-bond donors (Lipinski definition) is 4. The number of carboxylic acids is 4. The van der Waals surface area contributed by atoms with E-state index in [1.165, 1.54) is 59.3 Å². The van der Waals surface area contributed by atoms with Crippen molar-refractivity contribution in [1.29, 1.82) is 0 Å². The summed E-state index contributed by atoms with van der Waals surface area (Å²) in [7, 11) is 0. The van der Waals surface area contributed by atoms with Crippen LogP contribution in [0.2, 0.25) is 0 Å². The summed E-state index contributed by atoms with van der Waals surface area (Å²) in [5.41, 5.74) is 3.24. The van der Waals surface area contributed by atoms with Crippen molar-refractivity contribution in [2.24, 2.45) is 0 Å². The summed E-state index contributed by atoms with van der Waals surface area (Å²) >= 11 is 1.76. The third-order valence-corrected chi connectivity index (χ3v) is 9.78. The molecule has 16 heteroatoms. The summed E-state index contributed by atoms with van der Waals surface area (Å²) in [5, 5.41) is 42.7. The highest BCUT2D eigenvalue weighted by Crippen LogP contribution is 2.41. The molecule has 4 N–H and O–H groups in total. The van der Waals surface area contributed by atoms with Crippen molar-refractivity contribution in [2.45, 2.75) is 32.1 Å². The van der Waals surface area contributed by atoms with Crippen LogP contribution < -0.4 is 9.47 Å². The highest BCUT2D eigenvalue weighted by atomic mass is 32.1. The van der Waals surface area contributed by atoms with E-state index in [-0.39, 0.29) is 10.6 Å². The van der Waals surface area contributed by atoms with E-state index in [4.69, 9.17) is 49.1 Å². The van der Waals surface area contributed by atoms with Crippen molar-refractivity contribution in [3.63, 3.8) is 0 Å². The standard InChI is InChI=1S/C33H37N3O4S.2C2H2O4/c37-36(38)30-24-25(9-14-31(30)40-22-20-35-17-5-6-18-35)23-29-28-7-1-2-8-32(28)41-33(29)26-10-12-27(13-11-26)39-21-19-34-15-3-4-16-34;2*3-1(4)2(5)6/h1-2,7-14,24H,3-6,15-23H2;2*(H,3,4)(H,5,6). The van der Waals surface area contributed by atoms with Gasteiger partial charge in [0.2, 0.25) is 0 Å². The lowest BCUT2D eigenvalue weighted by atomic mass is 9.98. The minimum Gasteiger partial charge on any atom is -0.492 e. The quantitative estimate of drug-likeness (QED) is 0.0818. The molecule has 0 atom stereocenters. The van der Waals surface area contributed by atoms with Gasteiger partial charge in [0.25, 0.3) is 0 Å². The van der Waals surface area contributed by atoms with Gasteiger partial charge in [-0.25, -0.2) is 19.2 Å². The lowest BCUT2D eigenvalue weighted by Gasteiger charge is -2.15. The van der Waals surface area contributed by atoms with E-state index in [0.29, 0.717) is 25.4 Å². The maximum Gasteiger partial charge on any atom is 0.414 e. The number of carbonyl (C=O) groups is 4. The molecule has 2 aliphatic rings. The number of thiophene rings is 1. The second-order valence-electron chi connectivity index (χ2n) is 12.2. The predicted octanol–water partition coefficient (Wildman–Crippen LogP) is 5.33. The molecule has 0 unspecified atom stereocenters. The summed E-state index contributed by atoms with van der Waals surface area (Å²) in [6.07, 6.45) is 5.60. The van der Waals surface area contributed by atoms with E-state index < -0.39 is 23.9 Å². The average molecular weight is 752 g/mol. The number of nitro benzene ring substituents is 1. The van der Waals surface area contributed by atoms with E-state index in [1.807, 2.05) is 18.2 Å². The van der Waals surface area contributed by atoms with Gasteiger partial charge in [0.15, 0.2) is 5.75 Å². The fraction of sp³-hybridized carbons (Fsp3) is 0.351. The van der Waals surface area contributed by atoms with Crippen LogP contribution in [-0.4, -0.2) is 112 Å². The number of hydrogen-bond acceptors (Lipinski definition) is 11. The van der Waals surface area contributed by atoms with E-state index >= 15 is 0 Å². The van der Waals surface area contributed by atoms with Crippen LogP contribution in [0.15, 0.2) is 66.7 Å². The molecule has 53 heavy (non-hydrogen) atoms. The number of aliphatic carboxylic acids is 4. The number of rotatable bonds is 12. The molecular formula is C37H41N3O12S. The van der Waals surface area contributed by atoms with E-state index in [0.717, 1.165) is 43.1 Å². The zero-order valence-corrected chi connectivity index (χ0v) is 29.7. The molecular weight excluding hydrogens is 710 g/mol. The van der Waals surface area contributed by atoms with Crippen LogP contribution in [0.25, 0.3) is 20.5 Å². The Morgan fingerprint density at radius 1 is 0.717 bits per heavy atom. The molecule has 2 saturated heterocycles. The van der Waals surface area contributed by atoms with Gasteiger partial charge in [0.05, 0.1) is 4.92 Å². The lowest BCUT2D eigenvalue weighted by molar-refractivity contribution is -0.385.